The van der Waals surface area contributed by atoms with Crippen molar-refractivity contribution in [3.8, 4) is 0 Å². The van der Waals surface area contributed by atoms with Gasteiger partial charge in [0.15, 0.2) is 6.20 Å². The van der Waals surface area contributed by atoms with E-state index in [4.69, 9.17) is 0 Å². The van der Waals surface area contributed by atoms with Crippen molar-refractivity contribution in [2.24, 2.45) is 0 Å². The van der Waals surface area contributed by atoms with E-state index in [0.717, 1.165) is 6.20 Å². The molecule has 0 atom stereocenters. The minimum Gasteiger partial charge on any atom is -0.619 e. The zero-order valence-corrected chi connectivity index (χ0v) is 6.14. The summed E-state index contributed by atoms with van der Waals surface area (Å²) in [6.07, 6.45) is 2.16. The lowest BCUT2D eigenvalue weighted by Gasteiger charge is -1.93. The molecule has 11 heavy (non-hydrogen) atoms. The van der Waals surface area contributed by atoms with Gasteiger partial charge < -0.3 is 5.21 Å². The Morgan fingerprint density at radius 1 is 1.55 bits per heavy atom. The van der Waals surface area contributed by atoms with E-state index in [2.05, 4.69) is 4.98 Å². The number of nitrogens with zero attached hydrogens (tertiary/aromatic N) is 2. The number of halogens is 1. The molecule has 0 aliphatic carbocycles. The summed E-state index contributed by atoms with van der Waals surface area (Å²) in [4.78, 5) is 3.75. The fourth-order valence-electron chi connectivity index (χ4n) is 0.852. The molecule has 0 aliphatic rings. The molecule has 0 unspecified atom stereocenters. The quantitative estimate of drug-likeness (QED) is 0.438. The highest BCUT2D eigenvalue weighted by Crippen LogP contribution is 2.17. The average molecular weight is 170 g/mol. The number of hydrogen-bond donors (Lipinski definition) is 0. The Kier molecular flexibility index (Phi) is 1.25. The second-order valence-corrected chi connectivity index (χ2v) is 2.92. The van der Waals surface area contributed by atoms with Crippen molar-refractivity contribution in [2.75, 3.05) is 0 Å². The number of hydrogen-bond acceptors (Lipinski definition) is 3. The van der Waals surface area contributed by atoms with Crippen LogP contribution in [-0.4, -0.2) is 4.98 Å². The average Bonchev–Trinajstić information content (AvgIpc) is 2.34. The molecule has 0 saturated carbocycles. The van der Waals surface area contributed by atoms with Crippen LogP contribution in [0.25, 0.3) is 10.2 Å². The largest absolute Gasteiger partial charge is 0.619 e. The van der Waals surface area contributed by atoms with Crippen molar-refractivity contribution in [3.63, 3.8) is 0 Å². The zero-order valence-electron chi connectivity index (χ0n) is 5.32. The van der Waals surface area contributed by atoms with Gasteiger partial charge in [-0.15, -0.1) is 11.3 Å². The molecule has 0 saturated heterocycles. The Morgan fingerprint density at radius 3 is 3.18 bits per heavy atom. The van der Waals surface area contributed by atoms with Crippen LogP contribution in [0.5, 0.6) is 0 Å². The molecule has 2 aromatic heterocycles. The Bertz CT molecular complexity index is 400. The summed E-state index contributed by atoms with van der Waals surface area (Å²) in [6, 6.07) is 0. The summed E-state index contributed by atoms with van der Waals surface area (Å²) < 4.78 is 13.8. The van der Waals surface area contributed by atoms with Crippen molar-refractivity contribution in [2.45, 2.75) is 0 Å². The van der Waals surface area contributed by atoms with E-state index in [9.17, 15) is 9.60 Å². The number of rotatable bonds is 0. The first kappa shape index (κ1) is 6.48. The zero-order chi connectivity index (χ0) is 7.84. The Labute approximate surface area is 65.3 Å². The minimum absolute atomic E-state index is 0.266. The van der Waals surface area contributed by atoms with Gasteiger partial charge in [-0.1, -0.05) is 0 Å². The van der Waals surface area contributed by atoms with Crippen LogP contribution in [0, 0.1) is 11.0 Å². The second kappa shape index (κ2) is 2.13. The predicted octanol–water partition coefficient (Wildman–Crippen LogP) is 1.07. The topological polar surface area (TPSA) is 39.8 Å². The van der Waals surface area contributed by atoms with Gasteiger partial charge in [-0.05, 0) is 0 Å². The van der Waals surface area contributed by atoms with Gasteiger partial charge in [-0.25, -0.2) is 4.98 Å². The van der Waals surface area contributed by atoms with Crippen molar-refractivity contribution >= 4 is 21.6 Å². The standard InChI is InChI=1S/C6H3FN2OS/c7-4-1-9(10)2-5-6(4)8-3-11-5/h1-3H. The van der Waals surface area contributed by atoms with Crippen LogP contribution in [0.4, 0.5) is 4.39 Å². The molecule has 56 valence electrons. The summed E-state index contributed by atoms with van der Waals surface area (Å²) in [7, 11) is 0. The first-order valence-electron chi connectivity index (χ1n) is 2.89. The number of aromatic nitrogens is 2. The highest BCUT2D eigenvalue weighted by molar-refractivity contribution is 7.16. The number of thiazole rings is 1. The molecule has 0 bridgehead atoms. The van der Waals surface area contributed by atoms with Gasteiger partial charge in [0.25, 0.3) is 0 Å². The molecule has 2 heterocycles. The Balaban J connectivity index is 2.91. The molecule has 0 N–H and O–H groups in total. The Morgan fingerprint density at radius 2 is 2.36 bits per heavy atom. The maximum Gasteiger partial charge on any atom is 0.218 e. The minimum atomic E-state index is -0.571. The van der Waals surface area contributed by atoms with Gasteiger partial charge in [0.2, 0.25) is 12.0 Å². The highest BCUT2D eigenvalue weighted by atomic mass is 32.1. The summed E-state index contributed by atoms with van der Waals surface area (Å²) in [5.74, 6) is -0.571. The lowest BCUT2D eigenvalue weighted by Crippen LogP contribution is -2.24. The third kappa shape index (κ3) is 0.932. The fraction of sp³-hybridized carbons (Fsp3) is 0. The van der Waals surface area contributed by atoms with Gasteiger partial charge in [-0.2, -0.15) is 9.12 Å². The highest BCUT2D eigenvalue weighted by Gasteiger charge is 2.07. The van der Waals surface area contributed by atoms with Crippen LogP contribution in [0.15, 0.2) is 17.9 Å². The van der Waals surface area contributed by atoms with E-state index in [-0.39, 0.29) is 5.52 Å². The molecule has 0 radical (unpaired) electrons. The summed E-state index contributed by atoms with van der Waals surface area (Å²) in [5, 5.41) is 10.7. The molecule has 2 rings (SSSR count). The van der Waals surface area contributed by atoms with Crippen molar-refractivity contribution in [3.05, 3.63) is 28.9 Å². The van der Waals surface area contributed by atoms with Crippen LogP contribution in [0.2, 0.25) is 0 Å². The third-order valence-electron chi connectivity index (χ3n) is 1.31. The normalized spacial score (nSPS) is 10.6. The summed E-state index contributed by atoms with van der Waals surface area (Å²) >= 11 is 1.24. The maximum absolute atomic E-state index is 12.8. The second-order valence-electron chi connectivity index (χ2n) is 2.03. The lowest BCUT2D eigenvalue weighted by molar-refractivity contribution is -0.605. The van der Waals surface area contributed by atoms with E-state index in [1.807, 2.05) is 0 Å². The molecule has 3 nitrogen and oxygen atoms in total. The van der Waals surface area contributed by atoms with Crippen LogP contribution in [0.1, 0.15) is 0 Å². The first-order chi connectivity index (χ1) is 5.27. The van der Waals surface area contributed by atoms with E-state index < -0.39 is 5.82 Å². The smallest absolute Gasteiger partial charge is 0.218 e. The molecule has 0 aromatic carbocycles. The van der Waals surface area contributed by atoms with Crippen molar-refractivity contribution < 1.29 is 9.12 Å². The van der Waals surface area contributed by atoms with Gasteiger partial charge >= 0.3 is 0 Å². The summed E-state index contributed by atoms with van der Waals surface area (Å²) in [5.41, 5.74) is 1.77. The molecule has 0 amide bonds. The van der Waals surface area contributed by atoms with Gasteiger partial charge in [0.1, 0.15) is 10.2 Å². The number of pyridine rings is 1. The van der Waals surface area contributed by atoms with Crippen molar-refractivity contribution in [1.29, 1.82) is 0 Å². The molecular weight excluding hydrogens is 167 g/mol. The van der Waals surface area contributed by atoms with Gasteiger partial charge in [-0.3, -0.25) is 0 Å². The molecule has 0 spiro atoms. The Hall–Kier alpha value is -1.23. The van der Waals surface area contributed by atoms with Crippen LogP contribution >= 0.6 is 11.3 Å². The van der Waals surface area contributed by atoms with E-state index >= 15 is 0 Å². The van der Waals surface area contributed by atoms with Crippen LogP contribution < -0.4 is 4.73 Å². The molecule has 2 aromatic rings. The lowest BCUT2D eigenvalue weighted by atomic mass is 10.4. The monoisotopic (exact) mass is 170 g/mol. The fourth-order valence-corrected chi connectivity index (χ4v) is 1.55. The maximum atomic E-state index is 12.8. The SMILES string of the molecule is [O-][n+]1cc(F)c2ncsc2c1. The van der Waals surface area contributed by atoms with E-state index in [1.165, 1.54) is 23.0 Å². The van der Waals surface area contributed by atoms with Crippen LogP contribution in [0.3, 0.4) is 0 Å². The first-order valence-corrected chi connectivity index (χ1v) is 3.77. The van der Waals surface area contributed by atoms with E-state index in [0.29, 0.717) is 9.43 Å². The molecular formula is C6H3FN2OS. The molecule has 5 heteroatoms. The van der Waals surface area contributed by atoms with Gasteiger partial charge in [0.05, 0.1) is 5.51 Å². The summed E-state index contributed by atoms with van der Waals surface area (Å²) in [6.45, 7) is 0. The van der Waals surface area contributed by atoms with Crippen molar-refractivity contribution in [1.82, 2.24) is 4.98 Å². The van der Waals surface area contributed by atoms with E-state index in [1.54, 1.807) is 0 Å². The molecule has 0 aliphatic heterocycles. The predicted molar refractivity (Wildman–Crippen MR) is 38.5 cm³/mol. The van der Waals surface area contributed by atoms with Gasteiger partial charge in [0, 0.05) is 0 Å². The third-order valence-corrected chi connectivity index (χ3v) is 2.07. The van der Waals surface area contributed by atoms with Crippen LogP contribution in [-0.2, 0) is 0 Å². The number of fused-ring (bicyclic) bond motifs is 1. The molecule has 0 fully saturated rings.